The Hall–Kier alpha value is -1.62. The van der Waals surface area contributed by atoms with Crippen LogP contribution >= 0.6 is 0 Å². The van der Waals surface area contributed by atoms with Crippen molar-refractivity contribution in [2.75, 3.05) is 18.5 Å². The van der Waals surface area contributed by atoms with Gasteiger partial charge in [-0.05, 0) is 18.9 Å². The zero-order valence-electron chi connectivity index (χ0n) is 11.3. The molecule has 0 fully saturated rings. The molecule has 0 aliphatic carbocycles. The van der Waals surface area contributed by atoms with E-state index < -0.39 is 0 Å². The van der Waals surface area contributed by atoms with Crippen LogP contribution in [0.3, 0.4) is 0 Å². The summed E-state index contributed by atoms with van der Waals surface area (Å²) in [5.41, 5.74) is 3.64. The van der Waals surface area contributed by atoms with E-state index in [-0.39, 0.29) is 5.91 Å². The van der Waals surface area contributed by atoms with Gasteiger partial charge in [-0.25, -0.2) is 0 Å². The van der Waals surface area contributed by atoms with E-state index in [1.54, 1.807) is 18.5 Å². The molecule has 1 amide bonds. The summed E-state index contributed by atoms with van der Waals surface area (Å²) < 4.78 is 0. The topological polar surface area (TPSA) is 71.2 Å². The fraction of sp³-hybridized carbons (Fsp3) is 0.538. The Bertz CT molecular complexity index is 394. The lowest BCUT2D eigenvalue weighted by Crippen LogP contribution is -2.35. The number of pyridine rings is 1. The van der Waals surface area contributed by atoms with Crippen LogP contribution in [0, 0.1) is 5.92 Å². The van der Waals surface area contributed by atoms with Gasteiger partial charge >= 0.3 is 0 Å². The standard InChI is InChI=1S/C13H22N4O/c1-4-10(3)9-17(5-2)13(18)11-6-7-15-8-12(11)16-14/h6-8,10,16H,4-5,9,14H2,1-3H3. The Morgan fingerprint density at radius 1 is 1.56 bits per heavy atom. The van der Waals surface area contributed by atoms with Crippen LogP contribution in [0.1, 0.15) is 37.6 Å². The summed E-state index contributed by atoms with van der Waals surface area (Å²) in [5.74, 6) is 5.88. The Morgan fingerprint density at radius 2 is 2.28 bits per heavy atom. The SMILES string of the molecule is CCC(C)CN(CC)C(=O)c1ccncc1NN. The molecule has 0 radical (unpaired) electrons. The predicted molar refractivity (Wildman–Crippen MR) is 73.1 cm³/mol. The number of nitrogen functional groups attached to an aromatic ring is 1. The molecule has 0 aliphatic rings. The number of hydrogen-bond donors (Lipinski definition) is 2. The number of nitrogens with zero attached hydrogens (tertiary/aromatic N) is 2. The van der Waals surface area contributed by atoms with Crippen LogP contribution in [0.5, 0.6) is 0 Å². The third-order valence-electron chi connectivity index (χ3n) is 3.10. The molecule has 0 saturated heterocycles. The molecule has 5 heteroatoms. The monoisotopic (exact) mass is 250 g/mol. The first-order valence-electron chi connectivity index (χ1n) is 6.33. The molecule has 0 saturated carbocycles. The first-order chi connectivity index (χ1) is 8.63. The zero-order chi connectivity index (χ0) is 13.5. The third-order valence-corrected chi connectivity index (χ3v) is 3.10. The molecule has 18 heavy (non-hydrogen) atoms. The Labute approximate surface area is 108 Å². The van der Waals surface area contributed by atoms with E-state index in [0.717, 1.165) is 13.0 Å². The fourth-order valence-electron chi connectivity index (χ4n) is 1.73. The van der Waals surface area contributed by atoms with E-state index in [9.17, 15) is 4.79 Å². The molecule has 1 aromatic rings. The molecule has 0 aliphatic heterocycles. The Balaban J connectivity index is 2.89. The van der Waals surface area contributed by atoms with E-state index in [1.165, 1.54) is 0 Å². The number of aromatic nitrogens is 1. The molecule has 5 nitrogen and oxygen atoms in total. The predicted octanol–water partition coefficient (Wildman–Crippen LogP) is 1.88. The average Bonchev–Trinajstić information content (AvgIpc) is 2.43. The Morgan fingerprint density at radius 3 is 2.83 bits per heavy atom. The molecular formula is C13H22N4O. The summed E-state index contributed by atoms with van der Waals surface area (Å²) in [6, 6.07) is 1.69. The normalized spacial score (nSPS) is 12.0. The lowest BCUT2D eigenvalue weighted by molar-refractivity contribution is 0.0741. The minimum Gasteiger partial charge on any atom is -0.339 e. The summed E-state index contributed by atoms with van der Waals surface area (Å²) in [6.45, 7) is 7.71. The van der Waals surface area contributed by atoms with Crippen molar-refractivity contribution in [1.82, 2.24) is 9.88 Å². The van der Waals surface area contributed by atoms with Gasteiger partial charge in [0.25, 0.3) is 5.91 Å². The average molecular weight is 250 g/mol. The largest absolute Gasteiger partial charge is 0.339 e. The van der Waals surface area contributed by atoms with Gasteiger partial charge < -0.3 is 10.3 Å². The second-order valence-electron chi connectivity index (χ2n) is 4.42. The van der Waals surface area contributed by atoms with E-state index in [1.807, 2.05) is 11.8 Å². The van der Waals surface area contributed by atoms with E-state index in [0.29, 0.717) is 23.7 Å². The molecule has 1 aromatic heterocycles. The second kappa shape index (κ2) is 6.96. The second-order valence-corrected chi connectivity index (χ2v) is 4.42. The number of rotatable bonds is 6. The maximum Gasteiger partial charge on any atom is 0.256 e. The van der Waals surface area contributed by atoms with Gasteiger partial charge in [-0.1, -0.05) is 20.3 Å². The minimum absolute atomic E-state index is 0.00634. The maximum absolute atomic E-state index is 12.4. The molecule has 0 bridgehead atoms. The molecule has 0 aromatic carbocycles. The number of anilines is 1. The first-order valence-corrected chi connectivity index (χ1v) is 6.33. The van der Waals surface area contributed by atoms with Gasteiger partial charge in [0, 0.05) is 19.3 Å². The number of carbonyl (C=O) groups excluding carboxylic acids is 1. The van der Waals surface area contributed by atoms with Crippen LogP contribution in [-0.4, -0.2) is 28.9 Å². The van der Waals surface area contributed by atoms with Gasteiger partial charge in [-0.2, -0.15) is 0 Å². The first kappa shape index (κ1) is 14.4. The molecule has 1 rings (SSSR count). The summed E-state index contributed by atoms with van der Waals surface area (Å²) in [7, 11) is 0. The summed E-state index contributed by atoms with van der Waals surface area (Å²) in [4.78, 5) is 18.2. The molecule has 1 atom stereocenters. The fourth-order valence-corrected chi connectivity index (χ4v) is 1.73. The lowest BCUT2D eigenvalue weighted by atomic mass is 10.1. The summed E-state index contributed by atoms with van der Waals surface area (Å²) in [6.07, 6.45) is 4.22. The van der Waals surface area contributed by atoms with Crippen molar-refractivity contribution in [1.29, 1.82) is 0 Å². The van der Waals surface area contributed by atoms with Crippen LogP contribution in [0.4, 0.5) is 5.69 Å². The molecule has 1 unspecified atom stereocenters. The summed E-state index contributed by atoms with van der Waals surface area (Å²) >= 11 is 0. The van der Waals surface area contributed by atoms with Crippen molar-refractivity contribution in [3.05, 3.63) is 24.0 Å². The van der Waals surface area contributed by atoms with E-state index >= 15 is 0 Å². The molecule has 3 N–H and O–H groups in total. The van der Waals surface area contributed by atoms with Gasteiger partial charge in [0.15, 0.2) is 0 Å². The van der Waals surface area contributed by atoms with Crippen molar-refractivity contribution < 1.29 is 4.79 Å². The Kier molecular flexibility index (Phi) is 5.58. The molecule has 100 valence electrons. The number of nitrogens with two attached hydrogens (primary N) is 1. The van der Waals surface area contributed by atoms with Gasteiger partial charge in [-0.15, -0.1) is 0 Å². The quantitative estimate of drug-likeness (QED) is 0.597. The highest BCUT2D eigenvalue weighted by Crippen LogP contribution is 2.16. The molecule has 0 spiro atoms. The van der Waals surface area contributed by atoms with Gasteiger partial charge in [0.1, 0.15) is 0 Å². The van der Waals surface area contributed by atoms with Crippen LogP contribution in [0.25, 0.3) is 0 Å². The van der Waals surface area contributed by atoms with Crippen molar-refractivity contribution in [3.63, 3.8) is 0 Å². The van der Waals surface area contributed by atoms with Crippen LogP contribution in [0.15, 0.2) is 18.5 Å². The zero-order valence-corrected chi connectivity index (χ0v) is 11.3. The molecular weight excluding hydrogens is 228 g/mol. The van der Waals surface area contributed by atoms with Gasteiger partial charge in [0.2, 0.25) is 0 Å². The minimum atomic E-state index is -0.00634. The van der Waals surface area contributed by atoms with Crippen LogP contribution in [0.2, 0.25) is 0 Å². The van der Waals surface area contributed by atoms with E-state index in [2.05, 4.69) is 24.3 Å². The highest BCUT2D eigenvalue weighted by molar-refractivity contribution is 5.99. The van der Waals surface area contributed by atoms with Crippen molar-refractivity contribution in [2.45, 2.75) is 27.2 Å². The smallest absolute Gasteiger partial charge is 0.256 e. The number of nitrogens with one attached hydrogen (secondary N) is 1. The van der Waals surface area contributed by atoms with E-state index in [4.69, 9.17) is 5.84 Å². The number of carbonyl (C=O) groups is 1. The number of amides is 1. The van der Waals surface area contributed by atoms with Crippen molar-refractivity contribution in [3.8, 4) is 0 Å². The molecule has 1 heterocycles. The van der Waals surface area contributed by atoms with Crippen LogP contribution < -0.4 is 11.3 Å². The van der Waals surface area contributed by atoms with Gasteiger partial charge in [-0.3, -0.25) is 15.6 Å². The van der Waals surface area contributed by atoms with Crippen molar-refractivity contribution >= 4 is 11.6 Å². The number of hydrogen-bond acceptors (Lipinski definition) is 4. The highest BCUT2D eigenvalue weighted by Gasteiger charge is 2.18. The maximum atomic E-state index is 12.4. The highest BCUT2D eigenvalue weighted by atomic mass is 16.2. The van der Waals surface area contributed by atoms with Crippen LogP contribution in [-0.2, 0) is 0 Å². The number of hydrazine groups is 1. The van der Waals surface area contributed by atoms with Crippen molar-refractivity contribution in [2.24, 2.45) is 11.8 Å². The third kappa shape index (κ3) is 3.43. The van der Waals surface area contributed by atoms with Gasteiger partial charge in [0.05, 0.1) is 17.4 Å². The lowest BCUT2D eigenvalue weighted by Gasteiger charge is -2.24. The summed E-state index contributed by atoms with van der Waals surface area (Å²) in [5, 5.41) is 0.